The molecule has 0 spiro atoms. The maximum absolute atomic E-state index is 13.4. The molecule has 0 fully saturated rings. The highest BCUT2D eigenvalue weighted by Gasteiger charge is 2.43. The average Bonchev–Trinajstić information content (AvgIpc) is 2.76. The van der Waals surface area contributed by atoms with E-state index in [0.29, 0.717) is 12.0 Å². The number of pyridine rings is 1. The number of aromatic nitrogens is 1. The summed E-state index contributed by atoms with van der Waals surface area (Å²) >= 11 is 0. The van der Waals surface area contributed by atoms with Crippen LogP contribution in [0.5, 0.6) is 5.75 Å². The van der Waals surface area contributed by atoms with E-state index in [4.69, 9.17) is 4.74 Å². The van der Waals surface area contributed by atoms with Crippen LogP contribution in [0.2, 0.25) is 0 Å². The van der Waals surface area contributed by atoms with Gasteiger partial charge in [0.1, 0.15) is 5.75 Å². The molecule has 0 aliphatic carbocycles. The molecule has 0 saturated heterocycles. The Bertz CT molecular complexity index is 1090. The van der Waals surface area contributed by atoms with Gasteiger partial charge >= 0.3 is 0 Å². The minimum Gasteiger partial charge on any atom is -0.497 e. The maximum Gasteiger partial charge on any atom is 0.244 e. The highest BCUT2D eigenvalue weighted by Crippen LogP contribution is 2.39. The summed E-state index contributed by atoms with van der Waals surface area (Å²) < 4.78 is 33.4. The van der Waals surface area contributed by atoms with E-state index in [1.807, 2.05) is 30.3 Å². The Labute approximate surface area is 170 Å². The number of hydrogen-bond donors (Lipinski definition) is 1. The number of hydrogen-bond acceptors (Lipinski definition) is 5. The Kier molecular flexibility index (Phi) is 5.36. The smallest absolute Gasteiger partial charge is 0.244 e. The van der Waals surface area contributed by atoms with Crippen molar-refractivity contribution in [3.63, 3.8) is 0 Å². The van der Waals surface area contributed by atoms with Crippen molar-refractivity contribution >= 4 is 10.0 Å². The molecule has 2 atom stereocenters. The highest BCUT2D eigenvalue weighted by molar-refractivity contribution is 7.89. The number of nitrogens with zero attached hydrogens (tertiary/aromatic N) is 2. The van der Waals surface area contributed by atoms with Crippen LogP contribution in [0, 0.1) is 0 Å². The number of fused-ring (bicyclic) bond motifs is 1. The van der Waals surface area contributed by atoms with Gasteiger partial charge in [0, 0.05) is 24.5 Å². The van der Waals surface area contributed by atoms with Crippen LogP contribution in [0.1, 0.15) is 22.8 Å². The van der Waals surface area contributed by atoms with Gasteiger partial charge in [-0.25, -0.2) is 8.42 Å². The molecule has 29 heavy (non-hydrogen) atoms. The van der Waals surface area contributed by atoms with E-state index in [2.05, 4.69) is 4.98 Å². The van der Waals surface area contributed by atoms with Gasteiger partial charge in [-0.15, -0.1) is 0 Å². The van der Waals surface area contributed by atoms with Gasteiger partial charge in [0.15, 0.2) is 0 Å². The van der Waals surface area contributed by atoms with Crippen LogP contribution < -0.4 is 4.74 Å². The van der Waals surface area contributed by atoms with E-state index < -0.39 is 22.2 Å². The third-order valence-electron chi connectivity index (χ3n) is 5.22. The zero-order valence-electron chi connectivity index (χ0n) is 16.0. The SMILES string of the molecule is COc1ccc(C[C@H]2[C@H](O)c3ccccc3S(=O)(=O)N2Cc2cccnc2)cc1. The third-order valence-corrected chi connectivity index (χ3v) is 7.17. The summed E-state index contributed by atoms with van der Waals surface area (Å²) in [5.74, 6) is 0.725. The molecule has 1 aliphatic rings. The lowest BCUT2D eigenvalue weighted by atomic mass is 9.95. The molecule has 0 bridgehead atoms. The third kappa shape index (κ3) is 3.76. The van der Waals surface area contributed by atoms with Crippen molar-refractivity contribution in [3.05, 3.63) is 89.7 Å². The van der Waals surface area contributed by atoms with Gasteiger partial charge in [-0.3, -0.25) is 4.98 Å². The molecule has 0 unspecified atom stereocenters. The fraction of sp³-hybridized carbons (Fsp3) is 0.227. The van der Waals surface area contributed by atoms with Gasteiger partial charge in [-0.2, -0.15) is 4.31 Å². The van der Waals surface area contributed by atoms with Crippen molar-refractivity contribution in [2.24, 2.45) is 0 Å². The largest absolute Gasteiger partial charge is 0.497 e. The lowest BCUT2D eigenvalue weighted by molar-refractivity contribution is 0.0769. The number of ether oxygens (including phenoxy) is 1. The molecule has 150 valence electrons. The van der Waals surface area contributed by atoms with E-state index >= 15 is 0 Å². The minimum absolute atomic E-state index is 0.141. The number of aliphatic hydroxyl groups is 1. The molecule has 0 amide bonds. The maximum atomic E-state index is 13.4. The first-order chi connectivity index (χ1) is 14.0. The molecule has 6 nitrogen and oxygen atoms in total. The Morgan fingerprint density at radius 3 is 2.48 bits per heavy atom. The molecule has 1 aromatic heterocycles. The fourth-order valence-corrected chi connectivity index (χ4v) is 5.57. The lowest BCUT2D eigenvalue weighted by Crippen LogP contribution is -2.48. The zero-order chi connectivity index (χ0) is 20.4. The molecule has 4 rings (SSSR count). The van der Waals surface area contributed by atoms with E-state index in [1.54, 1.807) is 49.8 Å². The van der Waals surface area contributed by atoms with E-state index in [-0.39, 0.29) is 11.4 Å². The Morgan fingerprint density at radius 2 is 1.79 bits per heavy atom. The van der Waals surface area contributed by atoms with Crippen molar-refractivity contribution in [3.8, 4) is 5.75 Å². The number of aliphatic hydroxyl groups excluding tert-OH is 1. The minimum atomic E-state index is -3.78. The van der Waals surface area contributed by atoms with Crippen LogP contribution in [0.25, 0.3) is 0 Å². The summed E-state index contributed by atoms with van der Waals surface area (Å²) in [4.78, 5) is 4.25. The van der Waals surface area contributed by atoms with E-state index in [1.165, 1.54) is 4.31 Å². The predicted octanol–water partition coefficient (Wildman–Crippen LogP) is 2.94. The summed E-state index contributed by atoms with van der Waals surface area (Å²) in [5.41, 5.74) is 2.12. The molecule has 3 aromatic rings. The highest BCUT2D eigenvalue weighted by atomic mass is 32.2. The van der Waals surface area contributed by atoms with Gasteiger partial charge in [-0.1, -0.05) is 36.4 Å². The quantitative estimate of drug-likeness (QED) is 0.700. The fourth-order valence-electron chi connectivity index (χ4n) is 3.72. The van der Waals surface area contributed by atoms with Crippen LogP contribution in [-0.4, -0.2) is 36.0 Å². The van der Waals surface area contributed by atoms with Crippen molar-refractivity contribution in [2.45, 2.75) is 30.0 Å². The standard InChI is InChI=1S/C22H22N2O4S/c1-28-18-10-8-16(9-11-18)13-20-22(25)19-6-2-3-7-21(19)29(26,27)24(20)15-17-5-4-12-23-14-17/h2-12,14,20,22,25H,13,15H2,1H3/t20-,22+/m0/s1. The molecule has 7 heteroatoms. The predicted molar refractivity (Wildman–Crippen MR) is 109 cm³/mol. The second-order valence-corrected chi connectivity index (χ2v) is 8.87. The van der Waals surface area contributed by atoms with Gasteiger partial charge in [0.05, 0.1) is 24.2 Å². The van der Waals surface area contributed by atoms with Crippen LogP contribution in [0.15, 0.2) is 78.0 Å². The zero-order valence-corrected chi connectivity index (χ0v) is 16.8. The van der Waals surface area contributed by atoms with E-state index in [0.717, 1.165) is 16.9 Å². The molecular formula is C22H22N2O4S. The first-order valence-corrected chi connectivity index (χ1v) is 10.8. The van der Waals surface area contributed by atoms with Gasteiger partial charge < -0.3 is 9.84 Å². The first kappa shape index (κ1) is 19.6. The summed E-state index contributed by atoms with van der Waals surface area (Å²) in [5, 5.41) is 11.1. The first-order valence-electron chi connectivity index (χ1n) is 9.31. The summed E-state index contributed by atoms with van der Waals surface area (Å²) in [7, 11) is -2.18. The number of sulfonamides is 1. The number of rotatable bonds is 5. The average molecular weight is 410 g/mol. The summed E-state index contributed by atoms with van der Waals surface area (Å²) in [6, 6.07) is 17.1. The van der Waals surface area contributed by atoms with Gasteiger partial charge in [0.2, 0.25) is 10.0 Å². The number of methoxy groups -OCH3 is 1. The Hall–Kier alpha value is -2.74. The van der Waals surface area contributed by atoms with Crippen molar-refractivity contribution in [2.75, 3.05) is 7.11 Å². The molecular weight excluding hydrogens is 388 g/mol. The van der Waals surface area contributed by atoms with Crippen molar-refractivity contribution in [1.82, 2.24) is 9.29 Å². The Balaban J connectivity index is 1.76. The Morgan fingerprint density at radius 1 is 1.03 bits per heavy atom. The second-order valence-electron chi connectivity index (χ2n) is 7.01. The topological polar surface area (TPSA) is 79.7 Å². The molecule has 1 aliphatic heterocycles. The monoisotopic (exact) mass is 410 g/mol. The number of benzene rings is 2. The molecule has 0 radical (unpaired) electrons. The van der Waals surface area contributed by atoms with Crippen molar-refractivity contribution in [1.29, 1.82) is 0 Å². The second kappa shape index (κ2) is 7.94. The van der Waals surface area contributed by atoms with Crippen LogP contribution in [-0.2, 0) is 23.0 Å². The summed E-state index contributed by atoms with van der Waals surface area (Å²) in [6.45, 7) is 0.141. The molecule has 2 heterocycles. The molecule has 0 saturated carbocycles. The van der Waals surface area contributed by atoms with Crippen LogP contribution in [0.4, 0.5) is 0 Å². The van der Waals surface area contributed by atoms with Gasteiger partial charge in [0.25, 0.3) is 0 Å². The lowest BCUT2D eigenvalue weighted by Gasteiger charge is -2.39. The summed E-state index contributed by atoms with van der Waals surface area (Å²) in [6.07, 6.45) is 2.73. The normalized spacial score (nSPS) is 20.8. The van der Waals surface area contributed by atoms with Crippen LogP contribution >= 0.6 is 0 Å². The van der Waals surface area contributed by atoms with Crippen LogP contribution in [0.3, 0.4) is 0 Å². The van der Waals surface area contributed by atoms with Crippen molar-refractivity contribution < 1.29 is 18.3 Å². The molecule has 1 N–H and O–H groups in total. The van der Waals surface area contributed by atoms with Gasteiger partial charge in [-0.05, 0) is 41.8 Å². The van der Waals surface area contributed by atoms with E-state index in [9.17, 15) is 13.5 Å². The molecule has 2 aromatic carbocycles.